The third kappa shape index (κ3) is 5.53. The Kier molecular flexibility index (Phi) is 8.06. The van der Waals surface area contributed by atoms with Crippen molar-refractivity contribution in [2.75, 3.05) is 46.4 Å². The third-order valence-electron chi connectivity index (χ3n) is 7.54. The number of amides is 2. The summed E-state index contributed by atoms with van der Waals surface area (Å²) in [7, 11) is 1.90. The third-order valence-corrected chi connectivity index (χ3v) is 7.54. The van der Waals surface area contributed by atoms with Gasteiger partial charge in [0.25, 0.3) is 5.91 Å². The lowest BCUT2D eigenvalue weighted by molar-refractivity contribution is -0.139. The Labute approximate surface area is 202 Å². The molecule has 0 N–H and O–H groups in total. The first-order chi connectivity index (χ1) is 16.5. The number of likely N-dealkylation sites (tertiary alicyclic amines) is 1. The van der Waals surface area contributed by atoms with E-state index in [9.17, 15) is 9.59 Å². The summed E-state index contributed by atoms with van der Waals surface area (Å²) in [5.41, 5.74) is 1.84. The highest BCUT2D eigenvalue weighted by Gasteiger charge is 2.35. The SMILES string of the molecule is Cc1occc1C(=O)N(C)[C@H](Cc1ccccc1)C1CCN(C(=O)[C@H](C)N2CCOCC2)CC1. The first-order valence-corrected chi connectivity index (χ1v) is 12.4. The summed E-state index contributed by atoms with van der Waals surface area (Å²) in [6, 6.07) is 12.0. The number of furan rings is 1. The molecule has 0 bridgehead atoms. The summed E-state index contributed by atoms with van der Waals surface area (Å²) in [5, 5.41) is 0. The van der Waals surface area contributed by atoms with E-state index in [0.717, 1.165) is 45.4 Å². The molecule has 4 rings (SSSR count). The van der Waals surface area contributed by atoms with E-state index in [1.165, 1.54) is 5.56 Å². The van der Waals surface area contributed by atoms with Crippen LogP contribution in [-0.4, -0.2) is 85.0 Å². The van der Waals surface area contributed by atoms with Gasteiger partial charge in [-0.1, -0.05) is 30.3 Å². The van der Waals surface area contributed by atoms with Gasteiger partial charge in [-0.2, -0.15) is 0 Å². The Balaban J connectivity index is 1.44. The molecular formula is C27H37N3O4. The number of rotatable bonds is 7. The summed E-state index contributed by atoms with van der Waals surface area (Å²) in [6.45, 7) is 8.30. The average Bonchev–Trinajstić information content (AvgIpc) is 3.32. The molecule has 2 fully saturated rings. The molecule has 2 amide bonds. The number of ether oxygens (including phenoxy) is 1. The zero-order valence-electron chi connectivity index (χ0n) is 20.6. The Bertz CT molecular complexity index is 946. The van der Waals surface area contributed by atoms with Crippen molar-refractivity contribution in [2.45, 2.75) is 45.2 Å². The van der Waals surface area contributed by atoms with Gasteiger partial charge in [-0.25, -0.2) is 0 Å². The number of morpholine rings is 1. The molecular weight excluding hydrogens is 430 g/mol. The maximum Gasteiger partial charge on any atom is 0.257 e. The fourth-order valence-corrected chi connectivity index (χ4v) is 5.31. The number of hydrogen-bond acceptors (Lipinski definition) is 5. The second kappa shape index (κ2) is 11.2. The van der Waals surface area contributed by atoms with Crippen LogP contribution in [0.1, 0.15) is 41.4 Å². The zero-order valence-corrected chi connectivity index (χ0v) is 20.6. The van der Waals surface area contributed by atoms with Gasteiger partial charge in [-0.05, 0) is 50.7 Å². The van der Waals surface area contributed by atoms with Gasteiger partial charge < -0.3 is 19.0 Å². The van der Waals surface area contributed by atoms with E-state index < -0.39 is 0 Å². The van der Waals surface area contributed by atoms with Gasteiger partial charge in [0, 0.05) is 39.3 Å². The molecule has 0 saturated carbocycles. The fraction of sp³-hybridized carbons (Fsp3) is 0.556. The Morgan fingerprint density at radius 1 is 1.06 bits per heavy atom. The number of nitrogens with zero attached hydrogens (tertiary/aromatic N) is 3. The van der Waals surface area contributed by atoms with E-state index in [2.05, 4.69) is 17.0 Å². The van der Waals surface area contributed by atoms with Gasteiger partial charge in [-0.15, -0.1) is 0 Å². The molecule has 2 saturated heterocycles. The molecule has 0 unspecified atom stereocenters. The van der Waals surface area contributed by atoms with Crippen LogP contribution >= 0.6 is 0 Å². The van der Waals surface area contributed by atoms with Crippen molar-refractivity contribution in [2.24, 2.45) is 5.92 Å². The predicted octanol–water partition coefficient (Wildman–Crippen LogP) is 3.23. The van der Waals surface area contributed by atoms with E-state index in [1.807, 2.05) is 48.9 Å². The van der Waals surface area contributed by atoms with Gasteiger partial charge in [-0.3, -0.25) is 14.5 Å². The van der Waals surface area contributed by atoms with Crippen LogP contribution in [-0.2, 0) is 16.0 Å². The largest absolute Gasteiger partial charge is 0.469 e. The van der Waals surface area contributed by atoms with Crippen LogP contribution in [0, 0.1) is 12.8 Å². The minimum atomic E-state index is -0.117. The van der Waals surface area contributed by atoms with E-state index in [0.29, 0.717) is 30.5 Å². The Morgan fingerprint density at radius 2 is 1.74 bits per heavy atom. The van der Waals surface area contributed by atoms with Crippen molar-refractivity contribution in [3.63, 3.8) is 0 Å². The van der Waals surface area contributed by atoms with Crippen LogP contribution < -0.4 is 0 Å². The van der Waals surface area contributed by atoms with Gasteiger partial charge in [0.1, 0.15) is 5.76 Å². The molecule has 0 aliphatic carbocycles. The highest BCUT2D eigenvalue weighted by Crippen LogP contribution is 2.28. The van der Waals surface area contributed by atoms with Crippen molar-refractivity contribution < 1.29 is 18.7 Å². The minimum absolute atomic E-state index is 0.00775. The molecule has 7 nitrogen and oxygen atoms in total. The second-order valence-corrected chi connectivity index (χ2v) is 9.55. The first-order valence-electron chi connectivity index (χ1n) is 12.4. The number of hydrogen-bond donors (Lipinski definition) is 0. The molecule has 2 aromatic rings. The lowest BCUT2D eigenvalue weighted by atomic mass is 9.84. The van der Waals surface area contributed by atoms with Gasteiger partial charge in [0.15, 0.2) is 0 Å². The Hall–Kier alpha value is -2.64. The van der Waals surface area contributed by atoms with Gasteiger partial charge >= 0.3 is 0 Å². The number of carbonyl (C=O) groups excluding carboxylic acids is 2. The number of aryl methyl sites for hydroxylation is 1. The predicted molar refractivity (Wildman–Crippen MR) is 131 cm³/mol. The summed E-state index contributed by atoms with van der Waals surface area (Å²) in [5.74, 6) is 1.17. The zero-order chi connectivity index (χ0) is 24.1. The molecule has 184 valence electrons. The first kappa shape index (κ1) is 24.5. The highest BCUT2D eigenvalue weighted by atomic mass is 16.5. The average molecular weight is 468 g/mol. The number of piperidine rings is 1. The normalized spacial score (nSPS) is 19.6. The molecule has 1 aromatic carbocycles. The quantitative estimate of drug-likeness (QED) is 0.626. The molecule has 2 aliphatic heterocycles. The molecule has 2 aliphatic rings. The van der Waals surface area contributed by atoms with Crippen LogP contribution in [0.4, 0.5) is 0 Å². The highest BCUT2D eigenvalue weighted by molar-refractivity contribution is 5.95. The van der Waals surface area contributed by atoms with E-state index in [-0.39, 0.29) is 23.9 Å². The smallest absolute Gasteiger partial charge is 0.257 e. The van der Waals surface area contributed by atoms with Crippen LogP contribution in [0.2, 0.25) is 0 Å². The lowest BCUT2D eigenvalue weighted by Crippen LogP contribution is -2.54. The standard InChI is InChI=1S/C27H37N3O4/c1-20(29-14-17-33-18-15-29)26(31)30-12-9-23(10-13-30)25(19-22-7-5-4-6-8-22)28(3)27(32)24-11-16-34-21(24)2/h4-8,11,16,20,23,25H,9-10,12-15,17-19H2,1-3H3/t20-,25+/m0/s1. The van der Waals surface area contributed by atoms with Crippen molar-refractivity contribution in [1.29, 1.82) is 0 Å². The molecule has 0 spiro atoms. The molecule has 1 aromatic heterocycles. The minimum Gasteiger partial charge on any atom is -0.469 e. The van der Waals surface area contributed by atoms with Crippen LogP contribution in [0.15, 0.2) is 47.1 Å². The van der Waals surface area contributed by atoms with Gasteiger partial charge in [0.05, 0.1) is 31.1 Å². The van der Waals surface area contributed by atoms with E-state index in [1.54, 1.807) is 12.3 Å². The molecule has 7 heteroatoms. The summed E-state index contributed by atoms with van der Waals surface area (Å²) < 4.78 is 10.8. The number of likely N-dealkylation sites (N-methyl/N-ethyl adjacent to an activating group) is 1. The maximum absolute atomic E-state index is 13.3. The summed E-state index contributed by atoms with van der Waals surface area (Å²) >= 11 is 0. The molecule has 0 radical (unpaired) electrons. The van der Waals surface area contributed by atoms with Crippen molar-refractivity contribution in [3.05, 3.63) is 59.5 Å². The van der Waals surface area contributed by atoms with Crippen molar-refractivity contribution in [1.82, 2.24) is 14.7 Å². The second-order valence-electron chi connectivity index (χ2n) is 9.55. The van der Waals surface area contributed by atoms with Crippen molar-refractivity contribution >= 4 is 11.8 Å². The summed E-state index contributed by atoms with van der Waals surface area (Å²) in [6.07, 6.45) is 4.15. The van der Waals surface area contributed by atoms with Gasteiger partial charge in [0.2, 0.25) is 5.91 Å². The van der Waals surface area contributed by atoms with E-state index >= 15 is 0 Å². The maximum atomic E-state index is 13.3. The number of benzene rings is 1. The lowest BCUT2D eigenvalue weighted by Gasteiger charge is -2.42. The van der Waals surface area contributed by atoms with Crippen LogP contribution in [0.3, 0.4) is 0 Å². The van der Waals surface area contributed by atoms with Crippen molar-refractivity contribution in [3.8, 4) is 0 Å². The molecule has 3 heterocycles. The fourth-order valence-electron chi connectivity index (χ4n) is 5.31. The Morgan fingerprint density at radius 3 is 2.35 bits per heavy atom. The number of carbonyl (C=O) groups is 2. The monoisotopic (exact) mass is 467 g/mol. The van der Waals surface area contributed by atoms with Crippen LogP contribution in [0.5, 0.6) is 0 Å². The van der Waals surface area contributed by atoms with Crippen LogP contribution in [0.25, 0.3) is 0 Å². The molecule has 2 atom stereocenters. The molecule has 34 heavy (non-hydrogen) atoms. The van der Waals surface area contributed by atoms with E-state index in [4.69, 9.17) is 9.15 Å². The topological polar surface area (TPSA) is 66.2 Å². The summed E-state index contributed by atoms with van der Waals surface area (Å²) in [4.78, 5) is 32.6.